The first-order valence-electron chi connectivity index (χ1n) is 6.87. The molecule has 2 aliphatic rings. The van der Waals surface area contributed by atoms with Crippen LogP contribution in [-0.4, -0.2) is 68.2 Å². The lowest BCUT2D eigenvalue weighted by atomic mass is 10.00. The maximum absolute atomic E-state index is 12.3. The highest BCUT2D eigenvalue weighted by Crippen LogP contribution is 2.25. The Kier molecular flexibility index (Phi) is 3.76. The Hall–Kier alpha value is -1.38. The van der Waals surface area contributed by atoms with Crippen molar-refractivity contribution < 1.29 is 22.4 Å². The van der Waals surface area contributed by atoms with E-state index in [9.17, 15) is 13.2 Å². The molecule has 0 radical (unpaired) electrons. The van der Waals surface area contributed by atoms with Gasteiger partial charge in [0.15, 0.2) is 0 Å². The lowest BCUT2D eigenvalue weighted by Crippen LogP contribution is -2.61. The summed E-state index contributed by atoms with van der Waals surface area (Å²) in [7, 11) is -3.30. The van der Waals surface area contributed by atoms with E-state index in [0.717, 1.165) is 0 Å². The van der Waals surface area contributed by atoms with Gasteiger partial charge in [-0.1, -0.05) is 0 Å². The third-order valence-corrected chi connectivity index (χ3v) is 5.32. The summed E-state index contributed by atoms with van der Waals surface area (Å²) in [5.41, 5.74) is 0.482. The van der Waals surface area contributed by atoms with Gasteiger partial charge in [0, 0.05) is 19.6 Å². The smallest absolute Gasteiger partial charge is 0.257 e. The third kappa shape index (κ3) is 2.83. The quantitative estimate of drug-likeness (QED) is 0.776. The van der Waals surface area contributed by atoms with Crippen molar-refractivity contribution in [2.45, 2.75) is 18.6 Å². The van der Waals surface area contributed by atoms with E-state index in [4.69, 9.17) is 9.15 Å². The van der Waals surface area contributed by atoms with Crippen LogP contribution in [0.3, 0.4) is 0 Å². The molecule has 0 N–H and O–H groups in total. The van der Waals surface area contributed by atoms with Gasteiger partial charge in [0.2, 0.25) is 10.0 Å². The minimum Gasteiger partial charge on any atom is -0.472 e. The normalized spacial score (nSPS) is 27.4. The summed E-state index contributed by atoms with van der Waals surface area (Å²) in [5.74, 6) is -0.138. The van der Waals surface area contributed by atoms with Gasteiger partial charge in [-0.15, -0.1) is 0 Å². The molecule has 7 nitrogen and oxygen atoms in total. The van der Waals surface area contributed by atoms with Gasteiger partial charge in [-0.05, 0) is 12.5 Å². The first kappa shape index (κ1) is 14.6. The number of amides is 1. The number of carbonyl (C=O) groups excluding carboxylic acids is 1. The SMILES string of the molecule is CS(=O)(=O)N1CCO[C@H]2CCN(C(=O)c3ccoc3)C[C@@H]21. The summed E-state index contributed by atoms with van der Waals surface area (Å²) in [4.78, 5) is 14.0. The Balaban J connectivity index is 1.79. The molecule has 1 amide bonds. The van der Waals surface area contributed by atoms with Crippen LogP contribution in [0.2, 0.25) is 0 Å². The minimum absolute atomic E-state index is 0.137. The first-order valence-corrected chi connectivity index (χ1v) is 8.71. The molecule has 0 saturated carbocycles. The van der Waals surface area contributed by atoms with Crippen LogP contribution in [0.25, 0.3) is 0 Å². The van der Waals surface area contributed by atoms with Gasteiger partial charge >= 0.3 is 0 Å². The second kappa shape index (κ2) is 5.43. The second-order valence-electron chi connectivity index (χ2n) is 5.40. The second-order valence-corrected chi connectivity index (χ2v) is 7.34. The van der Waals surface area contributed by atoms with Crippen molar-refractivity contribution in [3.05, 3.63) is 24.2 Å². The number of morpholine rings is 1. The van der Waals surface area contributed by atoms with Gasteiger partial charge in [-0.3, -0.25) is 4.79 Å². The third-order valence-electron chi connectivity index (χ3n) is 4.01. The number of fused-ring (bicyclic) bond motifs is 1. The Bertz CT molecular complexity index is 613. The van der Waals surface area contributed by atoms with Crippen LogP contribution in [0.5, 0.6) is 0 Å². The fraction of sp³-hybridized carbons (Fsp3) is 0.615. The molecular weight excluding hydrogens is 296 g/mol. The van der Waals surface area contributed by atoms with Gasteiger partial charge in [0.25, 0.3) is 5.91 Å². The molecule has 0 aromatic carbocycles. The molecule has 3 rings (SSSR count). The Labute approximate surface area is 123 Å². The first-order chi connectivity index (χ1) is 9.97. The lowest BCUT2D eigenvalue weighted by Gasteiger charge is -2.45. The Morgan fingerprint density at radius 1 is 1.38 bits per heavy atom. The van der Waals surface area contributed by atoms with Crippen LogP contribution in [0.4, 0.5) is 0 Å². The number of carbonyl (C=O) groups is 1. The summed E-state index contributed by atoms with van der Waals surface area (Å²) in [6, 6.07) is 1.30. The topological polar surface area (TPSA) is 80.1 Å². The van der Waals surface area contributed by atoms with E-state index in [-0.39, 0.29) is 18.1 Å². The molecular formula is C13H18N2O5S. The molecule has 1 aromatic rings. The van der Waals surface area contributed by atoms with Crippen LogP contribution in [-0.2, 0) is 14.8 Å². The van der Waals surface area contributed by atoms with Crippen LogP contribution in [0.1, 0.15) is 16.8 Å². The van der Waals surface area contributed by atoms with E-state index >= 15 is 0 Å². The fourth-order valence-corrected chi connectivity index (χ4v) is 4.11. The van der Waals surface area contributed by atoms with E-state index in [1.807, 2.05) is 0 Å². The summed E-state index contributed by atoms with van der Waals surface area (Å²) >= 11 is 0. The van der Waals surface area contributed by atoms with Crippen LogP contribution < -0.4 is 0 Å². The molecule has 2 saturated heterocycles. The number of hydrogen-bond acceptors (Lipinski definition) is 5. The predicted molar refractivity (Wildman–Crippen MR) is 74.3 cm³/mol. The summed E-state index contributed by atoms with van der Waals surface area (Å²) < 4.78 is 35.8. The van der Waals surface area contributed by atoms with E-state index < -0.39 is 10.0 Å². The number of ether oxygens (including phenoxy) is 1. The Morgan fingerprint density at radius 2 is 2.19 bits per heavy atom. The average Bonchev–Trinajstić information content (AvgIpc) is 2.98. The molecule has 8 heteroatoms. The van der Waals surface area contributed by atoms with Crippen molar-refractivity contribution in [1.29, 1.82) is 0 Å². The zero-order chi connectivity index (χ0) is 15.0. The molecule has 0 aliphatic carbocycles. The van der Waals surface area contributed by atoms with Crippen molar-refractivity contribution in [1.82, 2.24) is 9.21 Å². The lowest BCUT2D eigenvalue weighted by molar-refractivity contribution is -0.0704. The van der Waals surface area contributed by atoms with E-state index in [2.05, 4.69) is 0 Å². The summed E-state index contributed by atoms with van der Waals surface area (Å²) in [6.45, 7) is 1.65. The number of hydrogen-bond donors (Lipinski definition) is 0. The number of furan rings is 1. The summed E-state index contributed by atoms with van der Waals surface area (Å²) in [5, 5.41) is 0. The molecule has 2 aliphatic heterocycles. The highest BCUT2D eigenvalue weighted by molar-refractivity contribution is 7.88. The van der Waals surface area contributed by atoms with Crippen molar-refractivity contribution in [2.75, 3.05) is 32.5 Å². The van der Waals surface area contributed by atoms with Crippen molar-refractivity contribution in [2.24, 2.45) is 0 Å². The molecule has 0 unspecified atom stereocenters. The number of sulfonamides is 1. The highest BCUT2D eigenvalue weighted by atomic mass is 32.2. The number of likely N-dealkylation sites (tertiary alicyclic amines) is 1. The zero-order valence-corrected chi connectivity index (χ0v) is 12.6. The number of piperidine rings is 1. The maximum Gasteiger partial charge on any atom is 0.257 e. The molecule has 3 heterocycles. The largest absolute Gasteiger partial charge is 0.472 e. The predicted octanol–water partition coefficient (Wildman–Crippen LogP) is 0.154. The van der Waals surface area contributed by atoms with Crippen molar-refractivity contribution in [3.8, 4) is 0 Å². The van der Waals surface area contributed by atoms with Crippen LogP contribution in [0, 0.1) is 0 Å². The van der Waals surface area contributed by atoms with Crippen molar-refractivity contribution >= 4 is 15.9 Å². The fourth-order valence-electron chi connectivity index (χ4n) is 3.01. The van der Waals surface area contributed by atoms with Gasteiger partial charge in [-0.2, -0.15) is 4.31 Å². The molecule has 1 aromatic heterocycles. The average molecular weight is 314 g/mol. The zero-order valence-electron chi connectivity index (χ0n) is 11.8. The molecule has 116 valence electrons. The molecule has 21 heavy (non-hydrogen) atoms. The van der Waals surface area contributed by atoms with E-state index in [1.54, 1.807) is 11.0 Å². The maximum atomic E-state index is 12.3. The van der Waals surface area contributed by atoms with Crippen LogP contribution >= 0.6 is 0 Å². The monoisotopic (exact) mass is 314 g/mol. The van der Waals surface area contributed by atoms with E-state index in [1.165, 1.54) is 23.1 Å². The number of nitrogens with zero attached hydrogens (tertiary/aromatic N) is 2. The van der Waals surface area contributed by atoms with Gasteiger partial charge in [-0.25, -0.2) is 8.42 Å². The molecule has 0 bridgehead atoms. The molecule has 2 fully saturated rings. The van der Waals surface area contributed by atoms with Gasteiger partial charge in [0.1, 0.15) is 6.26 Å². The Morgan fingerprint density at radius 3 is 2.86 bits per heavy atom. The minimum atomic E-state index is -3.30. The van der Waals surface area contributed by atoms with E-state index in [0.29, 0.717) is 38.2 Å². The number of rotatable bonds is 2. The van der Waals surface area contributed by atoms with Crippen molar-refractivity contribution in [3.63, 3.8) is 0 Å². The van der Waals surface area contributed by atoms with Gasteiger partial charge < -0.3 is 14.1 Å². The summed E-state index contributed by atoms with van der Waals surface area (Å²) in [6.07, 6.45) is 4.56. The standard InChI is InChI=1S/C13H18N2O5S/c1-21(17,18)15-5-7-20-12-2-4-14(8-11(12)15)13(16)10-3-6-19-9-10/h3,6,9,11-12H,2,4-5,7-8H2,1H3/t11-,12-/m0/s1. The van der Waals surface area contributed by atoms with Crippen LogP contribution in [0.15, 0.2) is 23.0 Å². The molecule has 2 atom stereocenters. The highest BCUT2D eigenvalue weighted by Gasteiger charge is 2.42. The van der Waals surface area contributed by atoms with Gasteiger partial charge in [0.05, 0.1) is 36.8 Å². The molecule has 0 spiro atoms.